The van der Waals surface area contributed by atoms with E-state index in [4.69, 9.17) is 59.3 Å². The Hall–Kier alpha value is 6.02. The largest absolute Gasteiger partial charge is 0.493 e. The van der Waals surface area contributed by atoms with Gasteiger partial charge in [0.05, 0.1) is 60.0 Å². The number of rotatable bonds is 8. The molecular weight excluding hydrogens is 2820 g/mol. The quantitative estimate of drug-likeness (QED) is 0.144. The number of hydrogen-bond donors (Lipinski definition) is 1. The van der Waals surface area contributed by atoms with Gasteiger partial charge in [0.1, 0.15) is 17.8 Å². The Bertz CT molecular complexity index is 9260. The van der Waals surface area contributed by atoms with Crippen LogP contribution in [0.5, 0.6) is 11.5 Å². The molecule has 0 radical (unpaired) electrons. The Balaban J connectivity index is 0.000000255. The first-order valence-electron chi connectivity index (χ1n) is 28.5. The molecule has 0 aliphatic carbocycles. The van der Waals surface area contributed by atoms with E-state index in [1.54, 1.807) is 279 Å². The smallest absolute Gasteiger partial charge is 0.306 e. The molecule has 2 aromatic heterocycles. The van der Waals surface area contributed by atoms with Gasteiger partial charge in [-0.1, -0.05) is 56.0 Å². The Morgan fingerprint density at radius 2 is 0.460 bits per heavy atom. The minimum Gasteiger partial charge on any atom is -0.493 e. The minimum absolute atomic E-state index is 0. The van der Waals surface area contributed by atoms with Crippen LogP contribution in [0.25, 0.3) is 83.4 Å². The second kappa shape index (κ2) is 74.9. The highest BCUT2D eigenvalue weighted by molar-refractivity contribution is 8.83. The summed E-state index contributed by atoms with van der Waals surface area (Å²) >= 11 is 20.9. The molecule has 13 nitrogen and oxygen atoms in total. The van der Waals surface area contributed by atoms with Crippen LogP contribution < -0.4 is 52.9 Å². The molecule has 0 unspecified atom stereocenters. The number of carboxylic acids is 1. The number of carbonyl (C=O) groups excluding carboxylic acids is 1. The third-order valence-corrected chi connectivity index (χ3v) is 139. The molecule has 124 heavy (non-hydrogen) atoms. The molecule has 0 aliphatic heterocycles. The molecule has 10 aromatic rings. The van der Waals surface area contributed by atoms with E-state index in [1.165, 1.54) is 71.9 Å². The monoisotopic (exact) mass is 2850 g/mol. The molecule has 0 fully saturated rings. The van der Waals surface area contributed by atoms with E-state index in [0.717, 1.165) is 29.0 Å². The van der Waals surface area contributed by atoms with Crippen LogP contribution in [-0.2, 0) is 569 Å². The molecule has 8 aromatic carbocycles. The van der Waals surface area contributed by atoms with Gasteiger partial charge < -0.3 is 19.4 Å². The van der Waals surface area contributed by atoms with Crippen LogP contribution in [0.4, 0.5) is 0 Å². The fourth-order valence-corrected chi connectivity index (χ4v) is 159. The van der Waals surface area contributed by atoms with Gasteiger partial charge in [-0.05, 0) is 36.4 Å². The minimum atomic E-state index is -1.03. The van der Waals surface area contributed by atoms with E-state index in [2.05, 4.69) is 0 Å². The fraction of sp³-hybridized carbons (Fsp3) is 0.106. The van der Waals surface area contributed by atoms with Crippen molar-refractivity contribution in [2.24, 2.45) is 0 Å². The van der Waals surface area contributed by atoms with Crippen molar-refractivity contribution in [1.82, 2.24) is 0 Å². The Morgan fingerprint density at radius 1 is 0.274 bits per heavy atom. The normalized spacial score (nSPS) is 9.52. The van der Waals surface area contributed by atoms with Gasteiger partial charge in [0, 0.05) is 609 Å². The van der Waals surface area contributed by atoms with Gasteiger partial charge in [-0.2, -0.15) is 0 Å². The summed E-state index contributed by atoms with van der Waals surface area (Å²) in [6.45, 7) is 0.0480. The summed E-state index contributed by atoms with van der Waals surface area (Å²) in [6, 6.07) is 21.6. The fourth-order valence-electron chi connectivity index (χ4n) is 8.25. The predicted molar refractivity (Wildman–Crippen MR) is 701 cm³/mol. The summed E-state index contributed by atoms with van der Waals surface area (Å²) in [4.78, 5) is 126. The zero-order chi connectivity index (χ0) is 87.9. The Labute approximate surface area is 893 Å². The van der Waals surface area contributed by atoms with Gasteiger partial charge in [0.2, 0.25) is 21.7 Å². The van der Waals surface area contributed by atoms with E-state index in [9.17, 15) is 47.9 Å². The standard InChI is InChI=1S/C23H12O7S.C23H12O6S.CH4.S32.S30/c24-15(25)7-8-30-10-5-6-13-14(9-10)19(27)17-16-18(26)11-3-1-2-4-12(11)20(28)22(16)31-23(17)21(13)29;24-8-3-9-29-11-6-7-14-15(10-11)19(26)17-16-18(25)12-4-1-2-5-13(12)20(27)22(16)30-23(17)21(14)28;;1-3-5-7-9-11-13-15-17-19-21-23-25-27-29-31-32-30-28-26-24-22-20-18-16-14-12-10-8-6-4-2;1-3-5-7-9-11-13-15-17-19-21-23-25-27-29-30-28-26-24-22-20-18-16-14-12-10-8-6-4-2/h1-6,9H,7-8H2,(H,24,25);1-2,4-8,10H,3,9H2;1H4;;. The van der Waals surface area contributed by atoms with Crippen LogP contribution >= 0.6 is 22.7 Å². The van der Waals surface area contributed by atoms with Gasteiger partial charge in [0.25, 0.3) is 0 Å². The summed E-state index contributed by atoms with van der Waals surface area (Å²) < 4.78 is 11.2. The van der Waals surface area contributed by atoms with Crippen molar-refractivity contribution < 1.29 is 24.2 Å². The van der Waals surface area contributed by atoms with Crippen molar-refractivity contribution in [3.05, 3.63) is 167 Å². The Morgan fingerprint density at radius 3 is 0.661 bits per heavy atom. The average molecular weight is 2850 g/mol. The van der Waals surface area contributed by atoms with E-state index in [-0.39, 0.29) is 134 Å². The zero-order valence-electron chi connectivity index (χ0n) is 56.5. The van der Waals surface area contributed by atoms with E-state index < -0.39 is 38.5 Å². The lowest BCUT2D eigenvalue weighted by molar-refractivity contribution is -0.137. The molecule has 2 heterocycles. The molecule has 0 spiro atoms. The number of aldehydes is 1. The molecule has 678 valence electrons. The maximum Gasteiger partial charge on any atom is 0.306 e. The van der Waals surface area contributed by atoms with Crippen molar-refractivity contribution >= 4 is 678 Å². The average Bonchev–Trinajstić information content (AvgIpc) is 1.57. The lowest BCUT2D eigenvalue weighted by atomic mass is 10.0. The number of carbonyl (C=O) groups is 2. The van der Waals surface area contributed by atoms with Crippen molar-refractivity contribution in [3.63, 3.8) is 0 Å². The van der Waals surface area contributed by atoms with E-state index >= 15 is 0 Å². The summed E-state index contributed by atoms with van der Waals surface area (Å²) in [7, 11) is 102. The molecule has 10 rings (SSSR count). The van der Waals surface area contributed by atoms with Crippen LogP contribution in [0.2, 0.25) is 0 Å². The number of thiophene rings is 2. The second-order valence-electron chi connectivity index (χ2n) is 17.9. The second-order valence-corrected chi connectivity index (χ2v) is 123. The van der Waals surface area contributed by atoms with Crippen LogP contribution in [-0.4, -0.2) is 30.6 Å². The van der Waals surface area contributed by atoms with Gasteiger partial charge in [0.15, 0.2) is 21.7 Å². The number of fused-ring (bicyclic) bond motifs is 10. The van der Waals surface area contributed by atoms with Crippen LogP contribution in [0.3, 0.4) is 0 Å². The number of carboxylic acid groups (broad SMARTS) is 1. The SMILES string of the molecule is C.O=C(O)CCOc1ccc2c(=O)c3sc4c(=O)c5ccccc5c(=O)c4c3c(=O)c2c1.O=CCCOc1ccc2c(=O)c3sc4c(=O)c5ccccc5c(=O)c4c3c(=O)c2c1.S=S=S=S=S=S=S=S=S=S=S=S=S=S=S=S=S=S=S=S=S=S=S=S=S=S=S=S=S=S.S=S=S=S=S=S=S=S=S=S=S=S=S=S=S=S=S=S=S=S=S=S=S=S=S=S=S=S=S=S=S=S. The highest BCUT2D eigenvalue weighted by Gasteiger charge is 2.24. The van der Waals surface area contributed by atoms with Gasteiger partial charge >= 0.3 is 5.97 Å². The van der Waals surface area contributed by atoms with Crippen molar-refractivity contribution in [2.75, 3.05) is 13.2 Å². The van der Waals surface area contributed by atoms with E-state index in [0.29, 0.717) is 5.75 Å². The highest BCUT2D eigenvalue weighted by atomic mass is 33.5. The van der Waals surface area contributed by atoms with Gasteiger partial charge in [-0.3, -0.25) is 43.2 Å². The number of ether oxygens (including phenoxy) is 2. The number of aliphatic carboxylic acids is 1. The first-order chi connectivity index (χ1) is 60.2. The van der Waals surface area contributed by atoms with Crippen LogP contribution in [0.1, 0.15) is 20.3 Å². The lowest BCUT2D eigenvalue weighted by Crippen LogP contribution is -2.15. The molecule has 0 bridgehead atoms. The topological polar surface area (TPSA) is 209 Å². The molecule has 1 N–H and O–H groups in total. The summed E-state index contributed by atoms with van der Waals surface area (Å²) in [5, 5.41) is 10.2. The lowest BCUT2D eigenvalue weighted by Gasteiger charge is -2.05. The molecular formula is C47H28O13S64. The first kappa shape index (κ1) is 119. The zero-order valence-corrected chi connectivity index (χ0v) is 109. The van der Waals surface area contributed by atoms with Gasteiger partial charge in [-0.15, -0.1) is 22.7 Å². The number of hydrogen-bond acceptors (Lipinski definition) is 18. The Kier molecular flexibility index (Phi) is 71.7. The molecule has 77 heteroatoms. The molecule has 0 aliphatic rings. The highest BCUT2D eigenvalue weighted by Crippen LogP contribution is 2.32. The first-order valence-corrected chi connectivity index (χ1v) is 110. The molecule has 0 atom stereocenters. The molecule has 0 amide bonds. The van der Waals surface area contributed by atoms with Crippen molar-refractivity contribution in [1.29, 1.82) is 0 Å². The van der Waals surface area contributed by atoms with Crippen molar-refractivity contribution in [2.45, 2.75) is 20.3 Å². The van der Waals surface area contributed by atoms with E-state index in [1.807, 2.05) is 249 Å². The number of benzene rings is 8. The van der Waals surface area contributed by atoms with Crippen molar-refractivity contribution in [3.8, 4) is 11.5 Å². The molecule has 0 saturated heterocycles. The summed E-state index contributed by atoms with van der Waals surface area (Å²) in [5.41, 5.74) is -3.49. The van der Waals surface area contributed by atoms with Crippen LogP contribution in [0.15, 0.2) is 123 Å². The van der Waals surface area contributed by atoms with Crippen LogP contribution in [0, 0.1) is 0 Å². The predicted octanol–water partition coefficient (Wildman–Crippen LogP) is 5.66. The van der Waals surface area contributed by atoms with Gasteiger partial charge in [-0.25, -0.2) is 0 Å². The maximum atomic E-state index is 13.3. The summed E-state index contributed by atoms with van der Waals surface area (Å²) in [5.74, 6) is -0.444. The molecule has 0 saturated carbocycles. The third kappa shape index (κ3) is 43.9. The third-order valence-electron chi connectivity index (χ3n) is 12.0. The maximum absolute atomic E-state index is 13.3. The summed E-state index contributed by atoms with van der Waals surface area (Å²) in [6.07, 6.45) is 0.696.